The molecular formula is C15H19NO5. The number of fused-ring (bicyclic) bond motifs is 1. The van der Waals surface area contributed by atoms with Crippen molar-refractivity contribution < 1.29 is 24.1 Å². The van der Waals surface area contributed by atoms with E-state index in [0.29, 0.717) is 30.3 Å². The van der Waals surface area contributed by atoms with Crippen molar-refractivity contribution in [2.75, 3.05) is 27.0 Å². The fraction of sp³-hybridized carbons (Fsp3) is 0.533. The van der Waals surface area contributed by atoms with Gasteiger partial charge in [0.25, 0.3) is 0 Å². The Labute approximate surface area is 123 Å². The standard InChI is InChI=1S/C15H19NO5/c1-9-5-16(7-11(9)15(17)18)6-10-3-12(19-2)14-13(4-10)20-8-21-14/h3-4,9,11H,5-8H2,1-2H3,(H,17,18). The largest absolute Gasteiger partial charge is 0.493 e. The first-order valence-electron chi connectivity index (χ1n) is 7.00. The van der Waals surface area contributed by atoms with Gasteiger partial charge in [-0.2, -0.15) is 0 Å². The lowest BCUT2D eigenvalue weighted by molar-refractivity contribution is -0.142. The van der Waals surface area contributed by atoms with Crippen molar-refractivity contribution in [1.29, 1.82) is 0 Å². The van der Waals surface area contributed by atoms with Crippen LogP contribution < -0.4 is 14.2 Å². The molecule has 6 heteroatoms. The molecule has 0 radical (unpaired) electrons. The molecule has 1 N–H and O–H groups in total. The van der Waals surface area contributed by atoms with Gasteiger partial charge in [-0.1, -0.05) is 6.92 Å². The maximum absolute atomic E-state index is 11.2. The number of carbonyl (C=O) groups is 1. The lowest BCUT2D eigenvalue weighted by Gasteiger charge is -2.16. The number of hydrogen-bond acceptors (Lipinski definition) is 5. The summed E-state index contributed by atoms with van der Waals surface area (Å²) in [7, 11) is 1.60. The molecule has 0 amide bonds. The zero-order valence-corrected chi connectivity index (χ0v) is 12.2. The molecule has 0 saturated carbocycles. The molecule has 0 bridgehead atoms. The van der Waals surface area contributed by atoms with Gasteiger partial charge < -0.3 is 19.3 Å². The SMILES string of the molecule is COc1cc(CN2CC(C)C(C(=O)O)C2)cc2c1OCO2. The van der Waals surface area contributed by atoms with E-state index in [1.807, 2.05) is 19.1 Å². The monoisotopic (exact) mass is 293 g/mol. The number of likely N-dealkylation sites (tertiary alicyclic amines) is 1. The minimum atomic E-state index is -0.715. The molecule has 6 nitrogen and oxygen atoms in total. The molecule has 3 rings (SSSR count). The van der Waals surface area contributed by atoms with E-state index >= 15 is 0 Å². The van der Waals surface area contributed by atoms with Crippen LogP contribution in [0.15, 0.2) is 12.1 Å². The highest BCUT2D eigenvalue weighted by molar-refractivity contribution is 5.71. The Bertz CT molecular complexity index is 559. The van der Waals surface area contributed by atoms with Crippen LogP contribution in [0.4, 0.5) is 0 Å². The molecule has 1 aromatic carbocycles. The van der Waals surface area contributed by atoms with E-state index in [-0.39, 0.29) is 18.6 Å². The molecule has 2 heterocycles. The van der Waals surface area contributed by atoms with Crippen LogP contribution in [0.2, 0.25) is 0 Å². The maximum atomic E-state index is 11.2. The molecule has 1 saturated heterocycles. The van der Waals surface area contributed by atoms with Gasteiger partial charge >= 0.3 is 5.97 Å². The highest BCUT2D eigenvalue weighted by Crippen LogP contribution is 2.42. The second-order valence-electron chi connectivity index (χ2n) is 5.65. The summed E-state index contributed by atoms with van der Waals surface area (Å²) >= 11 is 0. The van der Waals surface area contributed by atoms with Crippen LogP contribution in [0.25, 0.3) is 0 Å². The van der Waals surface area contributed by atoms with Gasteiger partial charge in [-0.05, 0) is 23.6 Å². The zero-order chi connectivity index (χ0) is 15.0. The lowest BCUT2D eigenvalue weighted by atomic mass is 9.99. The van der Waals surface area contributed by atoms with Gasteiger partial charge in [-0.25, -0.2) is 0 Å². The molecule has 0 aliphatic carbocycles. The summed E-state index contributed by atoms with van der Waals surface area (Å²) in [6, 6.07) is 3.86. The van der Waals surface area contributed by atoms with Crippen LogP contribution in [-0.2, 0) is 11.3 Å². The maximum Gasteiger partial charge on any atom is 0.308 e. The molecule has 1 aromatic rings. The van der Waals surface area contributed by atoms with E-state index in [1.54, 1.807) is 7.11 Å². The van der Waals surface area contributed by atoms with Crippen molar-refractivity contribution in [3.63, 3.8) is 0 Å². The molecule has 21 heavy (non-hydrogen) atoms. The Morgan fingerprint density at radius 3 is 2.90 bits per heavy atom. The minimum Gasteiger partial charge on any atom is -0.493 e. The van der Waals surface area contributed by atoms with Crippen LogP contribution in [0.1, 0.15) is 12.5 Å². The van der Waals surface area contributed by atoms with Crippen molar-refractivity contribution in [1.82, 2.24) is 4.90 Å². The number of ether oxygens (including phenoxy) is 3. The topological polar surface area (TPSA) is 68.2 Å². The highest BCUT2D eigenvalue weighted by Gasteiger charge is 2.34. The predicted octanol–water partition coefficient (Wildman–Crippen LogP) is 1.58. The lowest BCUT2D eigenvalue weighted by Crippen LogP contribution is -2.23. The predicted molar refractivity (Wildman–Crippen MR) is 74.7 cm³/mol. The molecule has 0 spiro atoms. The number of carboxylic acids is 1. The third-order valence-electron chi connectivity index (χ3n) is 4.13. The summed E-state index contributed by atoms with van der Waals surface area (Å²) < 4.78 is 16.1. The van der Waals surface area contributed by atoms with Gasteiger partial charge in [-0.15, -0.1) is 0 Å². The molecule has 114 valence electrons. The summed E-state index contributed by atoms with van der Waals surface area (Å²) in [6.07, 6.45) is 0. The molecule has 2 unspecified atom stereocenters. The number of rotatable bonds is 4. The average molecular weight is 293 g/mol. The molecule has 1 fully saturated rings. The third kappa shape index (κ3) is 2.63. The van der Waals surface area contributed by atoms with E-state index in [9.17, 15) is 9.90 Å². The average Bonchev–Trinajstić information content (AvgIpc) is 3.04. The number of carboxylic acid groups (broad SMARTS) is 1. The quantitative estimate of drug-likeness (QED) is 0.909. The minimum absolute atomic E-state index is 0.165. The second-order valence-corrected chi connectivity index (χ2v) is 5.65. The van der Waals surface area contributed by atoms with Gasteiger partial charge in [0.2, 0.25) is 12.5 Å². The van der Waals surface area contributed by atoms with Crippen molar-refractivity contribution in [2.24, 2.45) is 11.8 Å². The summed E-state index contributed by atoms with van der Waals surface area (Å²) in [6.45, 7) is 4.23. The highest BCUT2D eigenvalue weighted by atomic mass is 16.7. The number of hydrogen-bond donors (Lipinski definition) is 1. The van der Waals surface area contributed by atoms with Crippen LogP contribution in [0.5, 0.6) is 17.2 Å². The van der Waals surface area contributed by atoms with Gasteiger partial charge in [0, 0.05) is 19.6 Å². The smallest absolute Gasteiger partial charge is 0.308 e. The van der Waals surface area contributed by atoms with Gasteiger partial charge in [0.15, 0.2) is 11.5 Å². The molecular weight excluding hydrogens is 274 g/mol. The fourth-order valence-corrected chi connectivity index (χ4v) is 3.05. The van der Waals surface area contributed by atoms with E-state index in [4.69, 9.17) is 14.2 Å². The van der Waals surface area contributed by atoms with Crippen LogP contribution in [-0.4, -0.2) is 43.0 Å². The van der Waals surface area contributed by atoms with Gasteiger partial charge in [0.1, 0.15) is 0 Å². The summed E-state index contributed by atoms with van der Waals surface area (Å²) in [4.78, 5) is 13.3. The van der Waals surface area contributed by atoms with Crippen LogP contribution >= 0.6 is 0 Å². The molecule has 2 aliphatic rings. The van der Waals surface area contributed by atoms with Crippen molar-refractivity contribution in [3.8, 4) is 17.2 Å². The van der Waals surface area contributed by atoms with Crippen molar-refractivity contribution >= 4 is 5.97 Å². The zero-order valence-electron chi connectivity index (χ0n) is 12.2. The van der Waals surface area contributed by atoms with Crippen molar-refractivity contribution in [3.05, 3.63) is 17.7 Å². The van der Waals surface area contributed by atoms with Gasteiger partial charge in [-0.3, -0.25) is 9.69 Å². The Hall–Kier alpha value is -1.95. The Morgan fingerprint density at radius 1 is 1.43 bits per heavy atom. The number of nitrogens with zero attached hydrogens (tertiary/aromatic N) is 1. The number of methoxy groups -OCH3 is 1. The Morgan fingerprint density at radius 2 is 2.24 bits per heavy atom. The van der Waals surface area contributed by atoms with E-state index in [0.717, 1.165) is 12.1 Å². The molecule has 2 aliphatic heterocycles. The summed E-state index contributed by atoms with van der Waals surface area (Å²) in [5.41, 5.74) is 1.04. The van der Waals surface area contributed by atoms with Gasteiger partial charge in [0.05, 0.1) is 13.0 Å². The fourth-order valence-electron chi connectivity index (χ4n) is 3.05. The number of benzene rings is 1. The molecule has 0 aromatic heterocycles. The second kappa shape index (κ2) is 5.44. The van der Waals surface area contributed by atoms with E-state index in [2.05, 4.69) is 4.90 Å². The van der Waals surface area contributed by atoms with Crippen LogP contribution in [0.3, 0.4) is 0 Å². The summed E-state index contributed by atoms with van der Waals surface area (Å²) in [5, 5.41) is 9.19. The Kier molecular flexibility index (Phi) is 3.63. The van der Waals surface area contributed by atoms with Crippen LogP contribution in [0, 0.1) is 11.8 Å². The molecule has 2 atom stereocenters. The first-order valence-corrected chi connectivity index (χ1v) is 7.00. The third-order valence-corrected chi connectivity index (χ3v) is 4.13. The van der Waals surface area contributed by atoms with E-state index < -0.39 is 5.97 Å². The normalized spacial score (nSPS) is 24.3. The van der Waals surface area contributed by atoms with Crippen molar-refractivity contribution in [2.45, 2.75) is 13.5 Å². The number of aliphatic carboxylic acids is 1. The van der Waals surface area contributed by atoms with E-state index in [1.165, 1.54) is 0 Å². The Balaban J connectivity index is 1.76. The first kappa shape index (κ1) is 14.0. The first-order chi connectivity index (χ1) is 10.1. The summed E-state index contributed by atoms with van der Waals surface area (Å²) in [5.74, 6) is 1.14.